The molecule has 2 N–H and O–H groups in total. The molecule has 3 heteroatoms. The summed E-state index contributed by atoms with van der Waals surface area (Å²) in [6.07, 6.45) is 1.16. The summed E-state index contributed by atoms with van der Waals surface area (Å²) in [6, 6.07) is 6.08. The number of hydrogen-bond donors (Lipinski definition) is 2. The van der Waals surface area contributed by atoms with Gasteiger partial charge in [0, 0.05) is 0 Å². The molecule has 1 saturated heterocycles. The minimum atomic E-state index is -0.369. The van der Waals surface area contributed by atoms with Gasteiger partial charge in [-0.1, -0.05) is 6.07 Å². The Morgan fingerprint density at radius 3 is 2.71 bits per heavy atom. The van der Waals surface area contributed by atoms with Crippen molar-refractivity contribution in [1.82, 2.24) is 5.32 Å². The van der Waals surface area contributed by atoms with Crippen LogP contribution in [0.5, 0.6) is 5.75 Å². The lowest BCUT2D eigenvalue weighted by Gasteiger charge is -2.22. The minimum Gasteiger partial charge on any atom is -0.488 e. The fraction of sp³-hybridized carbons (Fsp3) is 0.571. The molecule has 17 heavy (non-hydrogen) atoms. The Morgan fingerprint density at radius 1 is 1.18 bits per heavy atom. The number of aliphatic hydroxyl groups is 1. The highest BCUT2D eigenvalue weighted by Crippen LogP contribution is 2.20. The Kier molecular flexibility index (Phi) is 4.02. The molecule has 0 aromatic heterocycles. The maximum absolute atomic E-state index is 9.97. The Labute approximate surface area is 103 Å². The van der Waals surface area contributed by atoms with Crippen molar-refractivity contribution in [3.8, 4) is 5.75 Å². The Bertz CT molecular complexity index is 378. The molecular formula is C14H21NO2. The second-order valence-corrected chi connectivity index (χ2v) is 4.80. The number of nitrogens with one attached hydrogen (secondary N) is 1. The first-order valence-electron chi connectivity index (χ1n) is 6.29. The number of rotatable bonds is 2. The van der Waals surface area contributed by atoms with E-state index in [1.54, 1.807) is 0 Å². The second-order valence-electron chi connectivity index (χ2n) is 4.80. The number of ether oxygens (including phenoxy) is 1. The standard InChI is InChI=1S/C14H21NO2/c1-10-3-4-12(9-11(10)2)17-14-6-8-15-7-5-13(14)16/h3-4,9,13-16H,5-8H2,1-2H3/t13-,14-/m1/s1. The van der Waals surface area contributed by atoms with Crippen molar-refractivity contribution in [3.63, 3.8) is 0 Å². The van der Waals surface area contributed by atoms with E-state index < -0.39 is 0 Å². The van der Waals surface area contributed by atoms with Crippen molar-refractivity contribution in [2.75, 3.05) is 13.1 Å². The quantitative estimate of drug-likeness (QED) is 0.821. The van der Waals surface area contributed by atoms with Gasteiger partial charge in [0.05, 0.1) is 6.10 Å². The van der Waals surface area contributed by atoms with Gasteiger partial charge < -0.3 is 15.2 Å². The lowest BCUT2D eigenvalue weighted by atomic mass is 10.1. The first-order valence-corrected chi connectivity index (χ1v) is 6.29. The van der Waals surface area contributed by atoms with E-state index in [1.165, 1.54) is 11.1 Å². The van der Waals surface area contributed by atoms with Crippen molar-refractivity contribution < 1.29 is 9.84 Å². The highest BCUT2D eigenvalue weighted by molar-refractivity contribution is 5.34. The van der Waals surface area contributed by atoms with Gasteiger partial charge in [0.15, 0.2) is 0 Å². The van der Waals surface area contributed by atoms with E-state index in [0.29, 0.717) is 0 Å². The maximum Gasteiger partial charge on any atom is 0.126 e. The summed E-state index contributed by atoms with van der Waals surface area (Å²) in [4.78, 5) is 0. The van der Waals surface area contributed by atoms with Crippen LogP contribution < -0.4 is 10.1 Å². The van der Waals surface area contributed by atoms with Crippen molar-refractivity contribution in [3.05, 3.63) is 29.3 Å². The molecule has 1 aromatic carbocycles. The van der Waals surface area contributed by atoms with Gasteiger partial charge in [-0.3, -0.25) is 0 Å². The van der Waals surface area contributed by atoms with E-state index >= 15 is 0 Å². The molecule has 0 saturated carbocycles. The van der Waals surface area contributed by atoms with E-state index in [-0.39, 0.29) is 12.2 Å². The first kappa shape index (κ1) is 12.4. The molecule has 2 atom stereocenters. The number of hydrogen-bond acceptors (Lipinski definition) is 3. The van der Waals surface area contributed by atoms with Crippen molar-refractivity contribution in [1.29, 1.82) is 0 Å². The minimum absolute atomic E-state index is 0.0906. The smallest absolute Gasteiger partial charge is 0.126 e. The van der Waals surface area contributed by atoms with Crippen LogP contribution >= 0.6 is 0 Å². The van der Waals surface area contributed by atoms with Crippen LogP contribution in [0.1, 0.15) is 24.0 Å². The lowest BCUT2D eigenvalue weighted by molar-refractivity contribution is 0.0350. The zero-order valence-electron chi connectivity index (χ0n) is 10.6. The van der Waals surface area contributed by atoms with Crippen LogP contribution in [0.2, 0.25) is 0 Å². The third-order valence-corrected chi connectivity index (χ3v) is 3.42. The number of aliphatic hydroxyl groups excluding tert-OH is 1. The van der Waals surface area contributed by atoms with Gasteiger partial charge in [-0.25, -0.2) is 0 Å². The first-order chi connectivity index (χ1) is 8.16. The van der Waals surface area contributed by atoms with E-state index in [0.717, 1.165) is 31.7 Å². The summed E-state index contributed by atoms with van der Waals surface area (Å²) in [5.74, 6) is 0.860. The van der Waals surface area contributed by atoms with Gasteiger partial charge >= 0.3 is 0 Å². The molecule has 3 nitrogen and oxygen atoms in total. The molecular weight excluding hydrogens is 214 g/mol. The topological polar surface area (TPSA) is 41.5 Å². The van der Waals surface area contributed by atoms with Crippen molar-refractivity contribution in [2.45, 2.75) is 38.9 Å². The highest BCUT2D eigenvalue weighted by atomic mass is 16.5. The molecule has 0 bridgehead atoms. The largest absolute Gasteiger partial charge is 0.488 e. The lowest BCUT2D eigenvalue weighted by Crippen LogP contribution is -2.31. The molecule has 0 spiro atoms. The molecule has 0 aliphatic carbocycles. The third-order valence-electron chi connectivity index (χ3n) is 3.42. The molecule has 94 valence electrons. The molecule has 2 rings (SSSR count). The highest BCUT2D eigenvalue weighted by Gasteiger charge is 2.23. The zero-order chi connectivity index (χ0) is 12.3. The van der Waals surface area contributed by atoms with Gasteiger partial charge in [0.2, 0.25) is 0 Å². The van der Waals surface area contributed by atoms with Crippen LogP contribution in [0.15, 0.2) is 18.2 Å². The van der Waals surface area contributed by atoms with E-state index in [1.807, 2.05) is 12.1 Å². The predicted molar refractivity (Wildman–Crippen MR) is 68.4 cm³/mol. The summed E-state index contributed by atoms with van der Waals surface area (Å²) < 4.78 is 5.89. The van der Waals surface area contributed by atoms with Crippen LogP contribution in [-0.2, 0) is 0 Å². The fourth-order valence-corrected chi connectivity index (χ4v) is 2.10. The summed E-state index contributed by atoms with van der Waals surface area (Å²) in [7, 11) is 0. The Balaban J connectivity index is 2.05. The number of aryl methyl sites for hydroxylation is 2. The maximum atomic E-state index is 9.97. The molecule has 1 aliphatic rings. The van der Waals surface area contributed by atoms with Crippen LogP contribution in [0.3, 0.4) is 0 Å². The van der Waals surface area contributed by atoms with Crippen LogP contribution in [-0.4, -0.2) is 30.4 Å². The van der Waals surface area contributed by atoms with Crippen LogP contribution in [0.25, 0.3) is 0 Å². The van der Waals surface area contributed by atoms with Gasteiger partial charge in [0.1, 0.15) is 11.9 Å². The van der Waals surface area contributed by atoms with Gasteiger partial charge in [-0.05, 0) is 63.0 Å². The Hall–Kier alpha value is -1.06. The third kappa shape index (κ3) is 3.20. The van der Waals surface area contributed by atoms with Gasteiger partial charge in [0.25, 0.3) is 0 Å². The van der Waals surface area contributed by atoms with Gasteiger partial charge in [-0.15, -0.1) is 0 Å². The Morgan fingerprint density at radius 2 is 1.94 bits per heavy atom. The second kappa shape index (κ2) is 5.52. The molecule has 1 aromatic rings. The van der Waals surface area contributed by atoms with E-state index in [9.17, 15) is 5.11 Å². The molecule has 0 radical (unpaired) electrons. The number of benzene rings is 1. The van der Waals surface area contributed by atoms with E-state index in [4.69, 9.17) is 4.74 Å². The summed E-state index contributed by atoms with van der Waals surface area (Å²) in [5.41, 5.74) is 2.49. The van der Waals surface area contributed by atoms with Crippen LogP contribution in [0.4, 0.5) is 0 Å². The monoisotopic (exact) mass is 235 g/mol. The summed E-state index contributed by atoms with van der Waals surface area (Å²) in [5, 5.41) is 13.2. The molecule has 1 heterocycles. The van der Waals surface area contributed by atoms with Crippen molar-refractivity contribution in [2.24, 2.45) is 0 Å². The molecule has 0 unspecified atom stereocenters. The summed E-state index contributed by atoms with van der Waals surface area (Å²) in [6.45, 7) is 5.94. The summed E-state index contributed by atoms with van der Waals surface area (Å²) >= 11 is 0. The van der Waals surface area contributed by atoms with Crippen molar-refractivity contribution >= 4 is 0 Å². The van der Waals surface area contributed by atoms with E-state index in [2.05, 4.69) is 25.2 Å². The molecule has 1 aliphatic heterocycles. The molecule has 1 fully saturated rings. The zero-order valence-corrected chi connectivity index (χ0v) is 10.6. The average molecular weight is 235 g/mol. The van der Waals surface area contributed by atoms with Crippen LogP contribution in [0, 0.1) is 13.8 Å². The van der Waals surface area contributed by atoms with Gasteiger partial charge in [-0.2, -0.15) is 0 Å². The SMILES string of the molecule is Cc1ccc(O[C@@H]2CCNCC[C@H]2O)cc1C. The fourth-order valence-electron chi connectivity index (χ4n) is 2.10. The normalized spacial score (nSPS) is 25.4. The molecule has 0 amide bonds. The predicted octanol–water partition coefficient (Wildman–Crippen LogP) is 1.80. The average Bonchev–Trinajstić information content (AvgIpc) is 2.50.